The van der Waals surface area contributed by atoms with Crippen molar-refractivity contribution in [3.05, 3.63) is 35.2 Å². The van der Waals surface area contributed by atoms with E-state index in [1.807, 2.05) is 32.0 Å². The van der Waals surface area contributed by atoms with Gasteiger partial charge in [0.15, 0.2) is 0 Å². The summed E-state index contributed by atoms with van der Waals surface area (Å²) in [6.07, 6.45) is 0. The van der Waals surface area contributed by atoms with Crippen LogP contribution in [0.2, 0.25) is 0 Å². The van der Waals surface area contributed by atoms with Crippen molar-refractivity contribution < 1.29 is 9.26 Å². The van der Waals surface area contributed by atoms with Crippen molar-refractivity contribution in [3.8, 4) is 5.75 Å². The fourth-order valence-corrected chi connectivity index (χ4v) is 2.37. The maximum absolute atomic E-state index is 5.86. The first-order chi connectivity index (χ1) is 9.15. The van der Waals surface area contributed by atoms with Crippen LogP contribution in [-0.2, 0) is 6.54 Å². The van der Waals surface area contributed by atoms with E-state index in [9.17, 15) is 0 Å². The highest BCUT2D eigenvalue weighted by Crippen LogP contribution is 2.34. The van der Waals surface area contributed by atoms with E-state index >= 15 is 0 Å². The summed E-state index contributed by atoms with van der Waals surface area (Å²) in [6.45, 7) is 6.18. The third kappa shape index (κ3) is 2.12. The normalized spacial score (nSPS) is 14.1. The average Bonchev–Trinajstić information content (AvgIpc) is 2.71. The first kappa shape index (κ1) is 11.9. The zero-order chi connectivity index (χ0) is 13.4. The fraction of sp³-hybridized carbons (Fsp3) is 0.357. The molecular weight excluding hydrogens is 242 g/mol. The molecular formula is C14H17N3O2. The first-order valence-corrected chi connectivity index (χ1v) is 6.34. The van der Waals surface area contributed by atoms with Gasteiger partial charge in [-0.15, -0.1) is 0 Å². The minimum Gasteiger partial charge on any atom is -0.490 e. The number of rotatable bonds is 2. The molecule has 1 aromatic heterocycles. The summed E-state index contributed by atoms with van der Waals surface area (Å²) < 4.78 is 10.9. The minimum atomic E-state index is 0.681. The molecule has 3 rings (SSSR count). The minimum absolute atomic E-state index is 0.681. The molecule has 0 saturated carbocycles. The van der Waals surface area contributed by atoms with Crippen molar-refractivity contribution in [2.45, 2.75) is 20.4 Å². The molecule has 1 aliphatic heterocycles. The van der Waals surface area contributed by atoms with Gasteiger partial charge in [-0.05, 0) is 32.0 Å². The summed E-state index contributed by atoms with van der Waals surface area (Å²) in [7, 11) is 0. The maximum atomic E-state index is 5.86. The molecule has 0 radical (unpaired) electrons. The van der Waals surface area contributed by atoms with Crippen LogP contribution in [0.4, 0.5) is 11.4 Å². The van der Waals surface area contributed by atoms with Crippen LogP contribution >= 0.6 is 0 Å². The first-order valence-electron chi connectivity index (χ1n) is 6.34. The van der Waals surface area contributed by atoms with Crippen LogP contribution < -0.4 is 15.4 Å². The molecule has 0 bridgehead atoms. The largest absolute Gasteiger partial charge is 0.490 e. The standard InChI is InChI=1S/C14H17N3O2/c1-9-12(10(2)19-16-9)8-17-5-6-18-14-4-3-11(15)7-13(14)17/h3-4,7H,5-6,8,15H2,1-2H3. The number of aryl methyl sites for hydroxylation is 2. The SMILES string of the molecule is Cc1noc(C)c1CN1CCOc2ccc(N)cc21. The zero-order valence-corrected chi connectivity index (χ0v) is 11.1. The smallest absolute Gasteiger partial charge is 0.142 e. The van der Waals surface area contributed by atoms with E-state index in [2.05, 4.69) is 10.1 Å². The van der Waals surface area contributed by atoms with Crippen LogP contribution in [0.3, 0.4) is 0 Å². The number of fused-ring (bicyclic) bond motifs is 1. The summed E-state index contributed by atoms with van der Waals surface area (Å²) in [4.78, 5) is 2.25. The molecule has 5 nitrogen and oxygen atoms in total. The molecule has 1 aromatic carbocycles. The van der Waals surface area contributed by atoms with E-state index in [0.717, 1.165) is 47.2 Å². The van der Waals surface area contributed by atoms with Gasteiger partial charge in [0, 0.05) is 17.8 Å². The van der Waals surface area contributed by atoms with E-state index < -0.39 is 0 Å². The summed E-state index contributed by atoms with van der Waals surface area (Å²) in [5, 5.41) is 4.00. The molecule has 100 valence electrons. The van der Waals surface area contributed by atoms with Crippen LogP contribution in [0, 0.1) is 13.8 Å². The highest BCUT2D eigenvalue weighted by atomic mass is 16.5. The van der Waals surface area contributed by atoms with Crippen molar-refractivity contribution in [3.63, 3.8) is 0 Å². The molecule has 0 spiro atoms. The van der Waals surface area contributed by atoms with Gasteiger partial charge in [-0.25, -0.2) is 0 Å². The predicted molar refractivity (Wildman–Crippen MR) is 73.4 cm³/mol. The highest BCUT2D eigenvalue weighted by Gasteiger charge is 2.21. The summed E-state index contributed by atoms with van der Waals surface area (Å²) in [5.74, 6) is 1.75. The number of hydrogen-bond donors (Lipinski definition) is 1. The van der Waals surface area contributed by atoms with Crippen molar-refractivity contribution in [2.24, 2.45) is 0 Å². The topological polar surface area (TPSA) is 64.5 Å². The third-order valence-electron chi connectivity index (χ3n) is 3.47. The van der Waals surface area contributed by atoms with Crippen LogP contribution in [0.25, 0.3) is 0 Å². The van der Waals surface area contributed by atoms with Gasteiger partial charge in [-0.3, -0.25) is 0 Å². The van der Waals surface area contributed by atoms with Gasteiger partial charge in [-0.1, -0.05) is 5.16 Å². The van der Waals surface area contributed by atoms with E-state index in [4.69, 9.17) is 15.0 Å². The second-order valence-electron chi connectivity index (χ2n) is 4.80. The molecule has 0 atom stereocenters. The summed E-state index contributed by atoms with van der Waals surface area (Å²) in [6, 6.07) is 5.73. The number of aromatic nitrogens is 1. The molecule has 2 aromatic rings. The molecule has 0 aliphatic carbocycles. The van der Waals surface area contributed by atoms with Gasteiger partial charge < -0.3 is 19.9 Å². The Morgan fingerprint density at radius 1 is 1.37 bits per heavy atom. The monoisotopic (exact) mass is 259 g/mol. The quantitative estimate of drug-likeness (QED) is 0.838. The Hall–Kier alpha value is -2.17. The van der Waals surface area contributed by atoms with Crippen molar-refractivity contribution in [2.75, 3.05) is 23.8 Å². The molecule has 0 amide bonds. The number of nitrogen functional groups attached to an aromatic ring is 1. The molecule has 0 fully saturated rings. The van der Waals surface area contributed by atoms with Crippen molar-refractivity contribution in [1.29, 1.82) is 0 Å². The van der Waals surface area contributed by atoms with E-state index in [-0.39, 0.29) is 0 Å². The Morgan fingerprint density at radius 2 is 2.21 bits per heavy atom. The predicted octanol–water partition coefficient (Wildman–Crippen LogP) is 2.27. The average molecular weight is 259 g/mol. The van der Waals surface area contributed by atoms with Gasteiger partial charge in [0.2, 0.25) is 0 Å². The Bertz CT molecular complexity index is 587. The van der Waals surface area contributed by atoms with E-state index in [1.54, 1.807) is 0 Å². The lowest BCUT2D eigenvalue weighted by atomic mass is 10.1. The molecule has 5 heteroatoms. The Labute approximate surface area is 111 Å². The Kier molecular flexibility index (Phi) is 2.81. The lowest BCUT2D eigenvalue weighted by molar-refractivity contribution is 0.306. The molecule has 0 unspecified atom stereocenters. The van der Waals surface area contributed by atoms with E-state index in [1.165, 1.54) is 0 Å². The second kappa shape index (κ2) is 4.50. The highest BCUT2D eigenvalue weighted by molar-refractivity contribution is 5.66. The zero-order valence-electron chi connectivity index (χ0n) is 11.1. The van der Waals surface area contributed by atoms with Crippen molar-refractivity contribution in [1.82, 2.24) is 5.16 Å². The van der Waals surface area contributed by atoms with Gasteiger partial charge in [0.05, 0.1) is 17.9 Å². The van der Waals surface area contributed by atoms with Crippen molar-refractivity contribution >= 4 is 11.4 Å². The van der Waals surface area contributed by atoms with Crippen LogP contribution in [-0.4, -0.2) is 18.3 Å². The van der Waals surface area contributed by atoms with Gasteiger partial charge in [0.1, 0.15) is 18.1 Å². The van der Waals surface area contributed by atoms with E-state index in [0.29, 0.717) is 6.61 Å². The second-order valence-corrected chi connectivity index (χ2v) is 4.80. The molecule has 2 N–H and O–H groups in total. The van der Waals surface area contributed by atoms with Crippen LogP contribution in [0.15, 0.2) is 22.7 Å². The van der Waals surface area contributed by atoms with Crippen LogP contribution in [0.5, 0.6) is 5.75 Å². The summed E-state index contributed by atoms with van der Waals surface area (Å²) in [5.41, 5.74) is 9.72. The van der Waals surface area contributed by atoms with Gasteiger partial charge in [0.25, 0.3) is 0 Å². The third-order valence-corrected chi connectivity index (χ3v) is 3.47. The molecule has 1 aliphatic rings. The Balaban J connectivity index is 1.94. The lowest BCUT2D eigenvalue weighted by Gasteiger charge is -2.31. The van der Waals surface area contributed by atoms with Crippen LogP contribution in [0.1, 0.15) is 17.0 Å². The Morgan fingerprint density at radius 3 is 2.95 bits per heavy atom. The lowest BCUT2D eigenvalue weighted by Crippen LogP contribution is -2.32. The molecule has 2 heterocycles. The number of ether oxygens (including phenoxy) is 1. The number of hydrogen-bond acceptors (Lipinski definition) is 5. The van der Waals surface area contributed by atoms with Gasteiger partial charge in [-0.2, -0.15) is 0 Å². The number of nitrogens with two attached hydrogens (primary N) is 1. The van der Waals surface area contributed by atoms with Gasteiger partial charge >= 0.3 is 0 Å². The number of nitrogens with zero attached hydrogens (tertiary/aromatic N) is 2. The number of benzene rings is 1. The molecule has 19 heavy (non-hydrogen) atoms. The summed E-state index contributed by atoms with van der Waals surface area (Å²) >= 11 is 0. The maximum Gasteiger partial charge on any atom is 0.142 e. The number of anilines is 2. The fourth-order valence-electron chi connectivity index (χ4n) is 2.37. The molecule has 0 saturated heterocycles.